The van der Waals surface area contributed by atoms with Gasteiger partial charge in [0.05, 0.1) is 5.41 Å². The van der Waals surface area contributed by atoms with E-state index in [0.29, 0.717) is 17.4 Å². The van der Waals surface area contributed by atoms with Gasteiger partial charge in [0.25, 0.3) is 0 Å². The Morgan fingerprint density at radius 2 is 2.32 bits per heavy atom. The highest BCUT2D eigenvalue weighted by Gasteiger charge is 2.40. The molecule has 0 aliphatic heterocycles. The van der Waals surface area contributed by atoms with Crippen LogP contribution in [0.25, 0.3) is 11.5 Å². The van der Waals surface area contributed by atoms with Crippen molar-refractivity contribution in [3.63, 3.8) is 0 Å². The number of nitrogens with two attached hydrogens (primary N) is 1. The number of hydrogen-bond donors (Lipinski definition) is 1. The van der Waals surface area contributed by atoms with Crippen LogP contribution < -0.4 is 5.73 Å². The van der Waals surface area contributed by atoms with Crippen LogP contribution in [0.2, 0.25) is 0 Å². The van der Waals surface area contributed by atoms with Gasteiger partial charge in [-0.25, -0.2) is 9.97 Å². The molecule has 0 amide bonds. The summed E-state index contributed by atoms with van der Waals surface area (Å²) in [6, 6.07) is 1.83. The lowest BCUT2D eigenvalue weighted by Gasteiger charge is -2.35. The zero-order valence-corrected chi connectivity index (χ0v) is 10.9. The molecule has 2 aromatic rings. The molecule has 1 saturated carbocycles. The highest BCUT2D eigenvalue weighted by atomic mass is 16.5. The summed E-state index contributed by atoms with van der Waals surface area (Å²) in [7, 11) is 0. The van der Waals surface area contributed by atoms with Crippen LogP contribution in [0, 0.1) is 0 Å². The predicted octanol–water partition coefficient (Wildman–Crippen LogP) is 1.69. The Morgan fingerprint density at radius 3 is 3.05 bits per heavy atom. The lowest BCUT2D eigenvalue weighted by molar-refractivity contribution is 0.203. The van der Waals surface area contributed by atoms with Crippen molar-refractivity contribution < 1.29 is 4.52 Å². The summed E-state index contributed by atoms with van der Waals surface area (Å²) in [6.07, 6.45) is 7.44. The summed E-state index contributed by atoms with van der Waals surface area (Å²) < 4.78 is 5.43. The molecule has 2 unspecified atom stereocenters. The Morgan fingerprint density at radius 1 is 1.42 bits per heavy atom. The largest absolute Gasteiger partial charge is 0.338 e. The lowest BCUT2D eigenvalue weighted by atomic mass is 9.72. The maximum absolute atomic E-state index is 6.24. The summed E-state index contributed by atoms with van der Waals surface area (Å²) in [6.45, 7) is 2.11. The van der Waals surface area contributed by atoms with Gasteiger partial charge in [0.2, 0.25) is 11.7 Å². The monoisotopic (exact) mass is 259 g/mol. The molecule has 100 valence electrons. The molecule has 1 aliphatic rings. The van der Waals surface area contributed by atoms with Crippen molar-refractivity contribution in [2.75, 3.05) is 0 Å². The van der Waals surface area contributed by atoms with E-state index in [0.717, 1.165) is 19.3 Å². The minimum Gasteiger partial charge on any atom is -0.338 e. The Kier molecular flexibility index (Phi) is 3.02. The third-order valence-corrected chi connectivity index (χ3v) is 4.01. The van der Waals surface area contributed by atoms with Crippen LogP contribution in [0.5, 0.6) is 0 Å². The maximum atomic E-state index is 6.24. The van der Waals surface area contributed by atoms with Gasteiger partial charge in [0.1, 0.15) is 12.0 Å². The quantitative estimate of drug-likeness (QED) is 0.882. The van der Waals surface area contributed by atoms with Gasteiger partial charge in [-0.2, -0.15) is 4.98 Å². The first kappa shape index (κ1) is 12.2. The summed E-state index contributed by atoms with van der Waals surface area (Å²) in [5, 5.41) is 4.01. The van der Waals surface area contributed by atoms with Crippen LogP contribution in [0.1, 0.15) is 38.5 Å². The predicted molar refractivity (Wildman–Crippen MR) is 69.1 cm³/mol. The number of nitrogens with zero attached hydrogens (tertiary/aromatic N) is 4. The number of rotatable bonds is 2. The lowest BCUT2D eigenvalue weighted by Crippen LogP contribution is -2.45. The second-order valence-electron chi connectivity index (χ2n) is 5.29. The third-order valence-electron chi connectivity index (χ3n) is 4.01. The summed E-state index contributed by atoms with van der Waals surface area (Å²) >= 11 is 0. The van der Waals surface area contributed by atoms with Crippen molar-refractivity contribution in [2.45, 2.75) is 44.1 Å². The zero-order valence-electron chi connectivity index (χ0n) is 10.9. The molecular formula is C13H17N5O. The van der Waals surface area contributed by atoms with Crippen LogP contribution in [0.15, 0.2) is 23.1 Å². The van der Waals surface area contributed by atoms with E-state index < -0.39 is 0 Å². The molecule has 3 rings (SSSR count). The number of hydrogen-bond acceptors (Lipinski definition) is 6. The van der Waals surface area contributed by atoms with Gasteiger partial charge in [-0.1, -0.05) is 18.0 Å². The molecule has 0 spiro atoms. The molecular weight excluding hydrogens is 242 g/mol. The molecule has 2 heterocycles. The molecule has 2 atom stereocenters. The van der Waals surface area contributed by atoms with Gasteiger partial charge >= 0.3 is 0 Å². The SMILES string of the molecule is CC1(c2nc(-c3ccncn3)no2)CCCCC1N. The van der Waals surface area contributed by atoms with Gasteiger partial charge in [-0.05, 0) is 25.8 Å². The van der Waals surface area contributed by atoms with E-state index in [9.17, 15) is 0 Å². The standard InChI is InChI=1S/C13H17N5O/c1-13(6-3-2-4-10(13)14)12-17-11(18-19-12)9-5-7-15-8-16-9/h5,7-8,10H,2-4,6,14H2,1H3. The summed E-state index contributed by atoms with van der Waals surface area (Å²) in [5.41, 5.74) is 6.68. The smallest absolute Gasteiger partial charge is 0.234 e. The van der Waals surface area contributed by atoms with Crippen molar-refractivity contribution in [3.05, 3.63) is 24.5 Å². The van der Waals surface area contributed by atoms with E-state index in [1.165, 1.54) is 12.7 Å². The second-order valence-corrected chi connectivity index (χ2v) is 5.29. The van der Waals surface area contributed by atoms with Gasteiger partial charge in [-0.3, -0.25) is 0 Å². The molecule has 19 heavy (non-hydrogen) atoms. The van der Waals surface area contributed by atoms with E-state index in [2.05, 4.69) is 27.0 Å². The second kappa shape index (κ2) is 4.70. The molecule has 0 aromatic carbocycles. The van der Waals surface area contributed by atoms with E-state index in [-0.39, 0.29) is 11.5 Å². The number of aromatic nitrogens is 4. The third kappa shape index (κ3) is 2.12. The van der Waals surface area contributed by atoms with Crippen molar-refractivity contribution in [1.82, 2.24) is 20.1 Å². The molecule has 2 aromatic heterocycles. The van der Waals surface area contributed by atoms with Crippen molar-refractivity contribution in [2.24, 2.45) is 5.73 Å². The van der Waals surface area contributed by atoms with E-state index in [4.69, 9.17) is 10.3 Å². The average molecular weight is 259 g/mol. The Labute approximate surface area is 111 Å². The molecule has 0 saturated heterocycles. The van der Waals surface area contributed by atoms with Crippen molar-refractivity contribution >= 4 is 0 Å². The fourth-order valence-electron chi connectivity index (χ4n) is 2.61. The molecule has 6 nitrogen and oxygen atoms in total. The first-order valence-corrected chi connectivity index (χ1v) is 6.56. The molecule has 0 bridgehead atoms. The maximum Gasteiger partial charge on any atom is 0.234 e. The fourth-order valence-corrected chi connectivity index (χ4v) is 2.61. The summed E-state index contributed by atoms with van der Waals surface area (Å²) in [4.78, 5) is 12.5. The van der Waals surface area contributed by atoms with Crippen LogP contribution in [0.4, 0.5) is 0 Å². The highest BCUT2D eigenvalue weighted by molar-refractivity contribution is 5.46. The Hall–Kier alpha value is -1.82. The highest BCUT2D eigenvalue weighted by Crippen LogP contribution is 2.37. The molecule has 0 radical (unpaired) electrons. The first-order chi connectivity index (χ1) is 9.20. The minimum atomic E-state index is -0.226. The first-order valence-electron chi connectivity index (χ1n) is 6.56. The van der Waals surface area contributed by atoms with Crippen LogP contribution >= 0.6 is 0 Å². The molecule has 6 heteroatoms. The Bertz CT molecular complexity index is 555. The average Bonchev–Trinajstić information content (AvgIpc) is 2.94. The van der Waals surface area contributed by atoms with E-state index in [1.807, 2.05) is 0 Å². The summed E-state index contributed by atoms with van der Waals surface area (Å²) in [5.74, 6) is 1.12. The van der Waals surface area contributed by atoms with Gasteiger partial charge in [0, 0.05) is 12.2 Å². The zero-order chi connectivity index (χ0) is 13.3. The van der Waals surface area contributed by atoms with Crippen LogP contribution in [0.3, 0.4) is 0 Å². The minimum absolute atomic E-state index is 0.0694. The van der Waals surface area contributed by atoms with E-state index >= 15 is 0 Å². The van der Waals surface area contributed by atoms with Gasteiger partial charge < -0.3 is 10.3 Å². The van der Waals surface area contributed by atoms with E-state index in [1.54, 1.807) is 12.3 Å². The normalized spacial score (nSPS) is 27.4. The molecule has 1 fully saturated rings. The topological polar surface area (TPSA) is 90.7 Å². The van der Waals surface area contributed by atoms with Crippen molar-refractivity contribution in [1.29, 1.82) is 0 Å². The van der Waals surface area contributed by atoms with Gasteiger partial charge in [0.15, 0.2) is 0 Å². The van der Waals surface area contributed by atoms with Gasteiger partial charge in [-0.15, -0.1) is 0 Å². The molecule has 1 aliphatic carbocycles. The fraction of sp³-hybridized carbons (Fsp3) is 0.538. The Balaban J connectivity index is 1.93. The van der Waals surface area contributed by atoms with Crippen molar-refractivity contribution in [3.8, 4) is 11.5 Å². The van der Waals surface area contributed by atoms with Crippen LogP contribution in [-0.2, 0) is 5.41 Å². The molecule has 2 N–H and O–H groups in total. The van der Waals surface area contributed by atoms with Crippen LogP contribution in [-0.4, -0.2) is 26.2 Å².